The Morgan fingerprint density at radius 3 is 2.81 bits per heavy atom. The molecule has 0 spiro atoms. The summed E-state index contributed by atoms with van der Waals surface area (Å²) in [4.78, 5) is 9.09. The number of imidazole rings is 1. The Bertz CT molecular complexity index is 761. The van der Waals surface area contributed by atoms with E-state index < -0.39 is 0 Å². The topological polar surface area (TPSA) is 72.1 Å². The molecule has 1 aliphatic rings. The third kappa shape index (κ3) is 4.08. The molecule has 0 aliphatic carbocycles. The Hall–Kier alpha value is -2.31. The summed E-state index contributed by atoms with van der Waals surface area (Å²) in [5.74, 6) is 2.02. The van der Waals surface area contributed by atoms with Crippen LogP contribution in [0.5, 0.6) is 0 Å². The molecular formula is C19H31N7. The van der Waals surface area contributed by atoms with Gasteiger partial charge in [0, 0.05) is 45.0 Å². The fraction of sp³-hybridized carbons (Fsp3) is 0.632. The largest absolute Gasteiger partial charge is 0.354 e. The molecule has 7 heteroatoms. The summed E-state index contributed by atoms with van der Waals surface area (Å²) in [7, 11) is 3.80. The highest BCUT2D eigenvalue weighted by Gasteiger charge is 2.15. The van der Waals surface area contributed by atoms with E-state index in [1.807, 2.05) is 11.7 Å². The smallest absolute Gasteiger partial charge is 0.191 e. The predicted octanol–water partition coefficient (Wildman–Crippen LogP) is 1.87. The van der Waals surface area contributed by atoms with Crippen LogP contribution in [0.15, 0.2) is 11.2 Å². The van der Waals surface area contributed by atoms with Gasteiger partial charge < -0.3 is 15.2 Å². The third-order valence-electron chi connectivity index (χ3n) is 5.17. The minimum absolute atomic E-state index is 0.262. The van der Waals surface area contributed by atoms with Gasteiger partial charge in [0.25, 0.3) is 0 Å². The van der Waals surface area contributed by atoms with Gasteiger partial charge in [-0.1, -0.05) is 0 Å². The van der Waals surface area contributed by atoms with Gasteiger partial charge in [0.1, 0.15) is 5.82 Å². The van der Waals surface area contributed by atoms with E-state index >= 15 is 0 Å². The molecule has 142 valence electrons. The van der Waals surface area contributed by atoms with Gasteiger partial charge in [-0.15, -0.1) is 0 Å². The van der Waals surface area contributed by atoms with Crippen LogP contribution in [0.1, 0.15) is 48.2 Å². The summed E-state index contributed by atoms with van der Waals surface area (Å²) in [6, 6.07) is 0.262. The highest BCUT2D eigenvalue weighted by molar-refractivity contribution is 5.79. The predicted molar refractivity (Wildman–Crippen MR) is 104 cm³/mol. The Labute approximate surface area is 155 Å². The van der Waals surface area contributed by atoms with Gasteiger partial charge in [0.2, 0.25) is 0 Å². The molecule has 1 atom stereocenters. The molecule has 0 saturated carbocycles. The number of aliphatic imine (C=N–C) groups is 1. The summed E-state index contributed by atoms with van der Waals surface area (Å²) in [6.07, 6.45) is 6.68. The van der Waals surface area contributed by atoms with Crippen LogP contribution in [0.4, 0.5) is 0 Å². The second-order valence-corrected chi connectivity index (χ2v) is 7.25. The van der Waals surface area contributed by atoms with Gasteiger partial charge in [0.15, 0.2) is 5.96 Å². The van der Waals surface area contributed by atoms with E-state index in [2.05, 4.69) is 52.3 Å². The van der Waals surface area contributed by atoms with Crippen molar-refractivity contribution in [2.75, 3.05) is 7.05 Å². The maximum absolute atomic E-state index is 4.74. The van der Waals surface area contributed by atoms with Crippen LogP contribution in [-0.2, 0) is 33.0 Å². The Morgan fingerprint density at radius 2 is 2.15 bits per heavy atom. The monoisotopic (exact) mass is 357 g/mol. The molecule has 3 rings (SSSR count). The molecule has 2 aromatic heterocycles. The van der Waals surface area contributed by atoms with Crippen LogP contribution < -0.4 is 10.6 Å². The zero-order valence-electron chi connectivity index (χ0n) is 16.6. The zero-order valence-corrected chi connectivity index (χ0v) is 16.6. The molecule has 2 aromatic rings. The molecule has 7 nitrogen and oxygen atoms in total. The molecule has 26 heavy (non-hydrogen) atoms. The lowest BCUT2D eigenvalue weighted by atomic mass is 10.1. The Balaban J connectivity index is 1.55. The number of aryl methyl sites for hydroxylation is 4. The first kappa shape index (κ1) is 18.5. The normalized spacial score (nSPS) is 15.7. The van der Waals surface area contributed by atoms with Crippen molar-refractivity contribution in [1.82, 2.24) is 30.0 Å². The number of nitrogens with one attached hydrogen (secondary N) is 2. The average Bonchev–Trinajstić information content (AvgIpc) is 3.14. The number of nitrogens with zero attached hydrogens (tertiary/aromatic N) is 5. The molecule has 0 bridgehead atoms. The number of aromatic nitrogens is 4. The number of hydrogen-bond donors (Lipinski definition) is 2. The van der Waals surface area contributed by atoms with Crippen LogP contribution in [0, 0.1) is 13.8 Å². The molecule has 0 fully saturated rings. The second-order valence-electron chi connectivity index (χ2n) is 7.25. The summed E-state index contributed by atoms with van der Waals surface area (Å²) in [5, 5.41) is 11.4. The maximum atomic E-state index is 4.74. The molecular weight excluding hydrogens is 326 g/mol. The van der Waals surface area contributed by atoms with Crippen molar-refractivity contribution in [3.8, 4) is 0 Å². The van der Waals surface area contributed by atoms with E-state index in [-0.39, 0.29) is 6.04 Å². The van der Waals surface area contributed by atoms with Crippen LogP contribution >= 0.6 is 0 Å². The van der Waals surface area contributed by atoms with Gasteiger partial charge in [-0.05, 0) is 45.6 Å². The maximum Gasteiger partial charge on any atom is 0.191 e. The highest BCUT2D eigenvalue weighted by Crippen LogP contribution is 2.15. The first-order valence-electron chi connectivity index (χ1n) is 9.49. The molecule has 3 heterocycles. The van der Waals surface area contributed by atoms with Crippen LogP contribution in [-0.4, -0.2) is 38.4 Å². The summed E-state index contributed by atoms with van der Waals surface area (Å²) in [5.41, 5.74) is 4.72. The van der Waals surface area contributed by atoms with Crippen LogP contribution in [0.25, 0.3) is 0 Å². The lowest BCUT2D eigenvalue weighted by Crippen LogP contribution is -2.42. The summed E-state index contributed by atoms with van der Waals surface area (Å²) >= 11 is 0. The van der Waals surface area contributed by atoms with E-state index in [0.29, 0.717) is 6.54 Å². The fourth-order valence-electron chi connectivity index (χ4n) is 3.63. The van der Waals surface area contributed by atoms with Crippen molar-refractivity contribution in [3.63, 3.8) is 0 Å². The van der Waals surface area contributed by atoms with Crippen molar-refractivity contribution in [2.24, 2.45) is 12.0 Å². The van der Waals surface area contributed by atoms with Crippen molar-refractivity contribution in [3.05, 3.63) is 34.7 Å². The van der Waals surface area contributed by atoms with Crippen molar-refractivity contribution in [2.45, 2.75) is 65.6 Å². The lowest BCUT2D eigenvalue weighted by Gasteiger charge is -2.18. The van der Waals surface area contributed by atoms with E-state index in [1.165, 1.54) is 29.9 Å². The van der Waals surface area contributed by atoms with Gasteiger partial charge >= 0.3 is 0 Å². The van der Waals surface area contributed by atoms with Gasteiger partial charge in [-0.25, -0.2) is 4.98 Å². The lowest BCUT2D eigenvalue weighted by molar-refractivity contribution is 0.522. The van der Waals surface area contributed by atoms with E-state index in [9.17, 15) is 0 Å². The number of rotatable bonds is 5. The summed E-state index contributed by atoms with van der Waals surface area (Å²) in [6.45, 7) is 8.15. The molecule has 2 N–H and O–H groups in total. The summed E-state index contributed by atoms with van der Waals surface area (Å²) < 4.78 is 4.23. The molecule has 0 amide bonds. The highest BCUT2D eigenvalue weighted by atomic mass is 15.3. The first-order chi connectivity index (χ1) is 12.5. The van der Waals surface area contributed by atoms with Gasteiger partial charge in [-0.2, -0.15) is 5.10 Å². The van der Waals surface area contributed by atoms with Crippen molar-refractivity contribution >= 4 is 5.96 Å². The van der Waals surface area contributed by atoms with E-state index in [4.69, 9.17) is 4.98 Å². The Kier molecular flexibility index (Phi) is 5.64. The molecule has 0 saturated heterocycles. The molecule has 1 aliphatic heterocycles. The molecule has 0 radical (unpaired) electrons. The number of guanidine groups is 1. The minimum atomic E-state index is 0.262. The fourth-order valence-corrected chi connectivity index (χ4v) is 3.63. The van der Waals surface area contributed by atoms with Crippen molar-refractivity contribution in [1.29, 1.82) is 0 Å². The second kappa shape index (κ2) is 7.93. The van der Waals surface area contributed by atoms with Gasteiger partial charge in [-0.3, -0.25) is 9.67 Å². The van der Waals surface area contributed by atoms with E-state index in [1.54, 1.807) is 7.05 Å². The van der Waals surface area contributed by atoms with Gasteiger partial charge in [0.05, 0.1) is 17.9 Å². The quantitative estimate of drug-likeness (QED) is 0.633. The average molecular weight is 358 g/mol. The zero-order chi connectivity index (χ0) is 18.7. The minimum Gasteiger partial charge on any atom is -0.354 e. The van der Waals surface area contributed by atoms with Crippen molar-refractivity contribution < 1.29 is 0 Å². The SMILES string of the molecule is CN=C(NCc1cn2c(n1)CCCC2)NC(C)Cc1c(C)nn(C)c1C. The van der Waals surface area contributed by atoms with Crippen LogP contribution in [0.3, 0.4) is 0 Å². The first-order valence-corrected chi connectivity index (χ1v) is 9.49. The Morgan fingerprint density at radius 1 is 1.35 bits per heavy atom. The number of hydrogen-bond acceptors (Lipinski definition) is 3. The van der Waals surface area contributed by atoms with Crippen LogP contribution in [0.2, 0.25) is 0 Å². The third-order valence-corrected chi connectivity index (χ3v) is 5.17. The molecule has 0 aromatic carbocycles. The number of fused-ring (bicyclic) bond motifs is 1. The standard InChI is InChI=1S/C19H31N7/c1-13(10-17-14(2)24-25(5)15(17)3)22-19(20-4)21-11-16-12-26-9-7-6-8-18(26)23-16/h12-13H,6-11H2,1-5H3,(H2,20,21,22). The van der Waals surface area contributed by atoms with E-state index in [0.717, 1.165) is 36.7 Å². The molecule has 1 unspecified atom stereocenters.